The Bertz CT molecular complexity index is 642. The third-order valence-corrected chi connectivity index (χ3v) is 3.18. The van der Waals surface area contributed by atoms with E-state index < -0.39 is 0 Å². The fourth-order valence-corrected chi connectivity index (χ4v) is 2.06. The molecule has 0 fully saturated rings. The first-order valence-corrected chi connectivity index (χ1v) is 8.19. The summed E-state index contributed by atoms with van der Waals surface area (Å²) in [4.78, 5) is 8.00. The van der Waals surface area contributed by atoms with Gasteiger partial charge in [-0.3, -0.25) is 0 Å². The van der Waals surface area contributed by atoms with Gasteiger partial charge in [-0.2, -0.15) is 0 Å². The summed E-state index contributed by atoms with van der Waals surface area (Å²) in [7, 11) is 1.98. The Balaban J connectivity index is 0.00000123. The topological polar surface area (TPSA) is 55.1 Å². The fraction of sp³-hybridized carbons (Fsp3) is 0.286. The molecule has 2 rings (SSSR count). The number of hydrogen-bond acceptors (Lipinski definition) is 3. The van der Waals surface area contributed by atoms with Crippen molar-refractivity contribution in [1.29, 1.82) is 0 Å². The maximum atomic E-state index is 8.00. The third kappa shape index (κ3) is 7.62. The number of benzene rings is 2. The number of carbonyl (C=O) groups is 1. The summed E-state index contributed by atoms with van der Waals surface area (Å²) in [6.45, 7) is 7.02. The summed E-state index contributed by atoms with van der Waals surface area (Å²) in [5.41, 5.74) is 9.91. The quantitative estimate of drug-likeness (QED) is 0.513. The van der Waals surface area contributed by atoms with Gasteiger partial charge in [0.2, 0.25) is 0 Å². The van der Waals surface area contributed by atoms with Crippen LogP contribution in [0.1, 0.15) is 37.0 Å². The number of nitrogens with one attached hydrogen (secondary N) is 1. The average molecular weight is 324 g/mol. The number of rotatable bonds is 4. The molecule has 3 N–H and O–H groups in total. The van der Waals surface area contributed by atoms with E-state index in [1.165, 1.54) is 5.56 Å². The highest BCUT2D eigenvalue weighted by atomic mass is 16.1. The summed E-state index contributed by atoms with van der Waals surface area (Å²) in [6, 6.07) is 16.0. The van der Waals surface area contributed by atoms with Crippen LogP contribution in [0.25, 0.3) is 0 Å². The molecule has 3 nitrogen and oxygen atoms in total. The van der Waals surface area contributed by atoms with Gasteiger partial charge >= 0.3 is 0 Å². The van der Waals surface area contributed by atoms with Crippen LogP contribution in [0.15, 0.2) is 48.5 Å². The van der Waals surface area contributed by atoms with E-state index in [2.05, 4.69) is 35.4 Å². The largest absolute Gasteiger partial charge is 0.398 e. The van der Waals surface area contributed by atoms with Crippen molar-refractivity contribution in [2.45, 2.75) is 26.7 Å². The molecular weight excluding hydrogens is 296 g/mol. The SMILES string of the molecule is C=O.CC.CNCCCc1ccccc1C#Cc1ccccc1N. The first-order valence-electron chi connectivity index (χ1n) is 8.19. The normalized spacial score (nSPS) is 8.62. The van der Waals surface area contributed by atoms with Crippen LogP contribution in [0.4, 0.5) is 5.69 Å². The third-order valence-electron chi connectivity index (χ3n) is 3.18. The Morgan fingerprint density at radius 3 is 2.12 bits per heavy atom. The molecule has 0 aromatic heterocycles. The maximum Gasteiger partial charge on any atom is 0.106 e. The second-order valence-electron chi connectivity index (χ2n) is 4.70. The van der Waals surface area contributed by atoms with Gasteiger partial charge in [-0.1, -0.05) is 56.0 Å². The summed E-state index contributed by atoms with van der Waals surface area (Å²) in [6.07, 6.45) is 2.15. The molecule has 128 valence electrons. The van der Waals surface area contributed by atoms with Gasteiger partial charge in [0.25, 0.3) is 0 Å². The lowest BCUT2D eigenvalue weighted by atomic mass is 10.0. The summed E-state index contributed by atoms with van der Waals surface area (Å²) >= 11 is 0. The zero-order valence-electron chi connectivity index (χ0n) is 14.9. The molecule has 2 aromatic rings. The molecule has 0 amide bonds. The van der Waals surface area contributed by atoms with Gasteiger partial charge in [0.1, 0.15) is 6.79 Å². The monoisotopic (exact) mass is 324 g/mol. The van der Waals surface area contributed by atoms with E-state index >= 15 is 0 Å². The minimum absolute atomic E-state index is 0.729. The predicted octanol–water partition coefficient (Wildman–Crippen LogP) is 3.66. The Morgan fingerprint density at radius 1 is 0.958 bits per heavy atom. The smallest absolute Gasteiger partial charge is 0.106 e. The standard InChI is InChI=1S/C18H20N2.C2H6.CH2O/c1-20-14-6-10-15-7-2-3-8-16(15)12-13-17-9-4-5-11-18(17)19;2*1-2/h2-5,7-9,11,20H,6,10,14,19H2,1H3;1-2H3;1H2. The van der Waals surface area contributed by atoms with E-state index in [-0.39, 0.29) is 0 Å². The molecule has 0 radical (unpaired) electrons. The van der Waals surface area contributed by atoms with Crippen molar-refractivity contribution >= 4 is 12.5 Å². The molecular formula is C21H28N2O. The lowest BCUT2D eigenvalue weighted by molar-refractivity contribution is -0.0979. The van der Waals surface area contributed by atoms with Crippen molar-refractivity contribution in [2.24, 2.45) is 0 Å². The van der Waals surface area contributed by atoms with Crippen LogP contribution in [0, 0.1) is 11.8 Å². The van der Waals surface area contributed by atoms with E-state index in [0.717, 1.165) is 36.2 Å². The van der Waals surface area contributed by atoms with E-state index in [9.17, 15) is 0 Å². The van der Waals surface area contributed by atoms with Gasteiger partial charge in [0.05, 0.1) is 0 Å². The van der Waals surface area contributed by atoms with Crippen LogP contribution in [0.5, 0.6) is 0 Å². The Hall–Kier alpha value is -2.57. The Labute approximate surface area is 146 Å². The van der Waals surface area contributed by atoms with Crippen molar-refractivity contribution in [3.8, 4) is 11.8 Å². The minimum atomic E-state index is 0.729. The molecule has 0 aliphatic rings. The van der Waals surface area contributed by atoms with E-state index in [1.54, 1.807) is 0 Å². The number of nitrogens with two attached hydrogens (primary N) is 1. The molecule has 0 aliphatic heterocycles. The Kier molecular flexibility index (Phi) is 12.5. The molecule has 0 saturated carbocycles. The van der Waals surface area contributed by atoms with Gasteiger partial charge in [-0.15, -0.1) is 0 Å². The lowest BCUT2D eigenvalue weighted by Gasteiger charge is -2.04. The Morgan fingerprint density at radius 2 is 1.50 bits per heavy atom. The molecule has 0 atom stereocenters. The zero-order valence-corrected chi connectivity index (χ0v) is 14.9. The van der Waals surface area contributed by atoms with Gasteiger partial charge < -0.3 is 15.8 Å². The van der Waals surface area contributed by atoms with Gasteiger partial charge in [0.15, 0.2) is 0 Å². The van der Waals surface area contributed by atoms with Crippen LogP contribution in [0.2, 0.25) is 0 Å². The second-order valence-corrected chi connectivity index (χ2v) is 4.70. The van der Waals surface area contributed by atoms with Crippen molar-refractivity contribution in [3.05, 3.63) is 65.2 Å². The van der Waals surface area contributed by atoms with E-state index in [1.807, 2.05) is 58.0 Å². The van der Waals surface area contributed by atoms with Crippen molar-refractivity contribution < 1.29 is 4.79 Å². The number of para-hydroxylation sites is 1. The maximum absolute atomic E-state index is 8.00. The van der Waals surface area contributed by atoms with Gasteiger partial charge in [0, 0.05) is 16.8 Å². The molecule has 0 bridgehead atoms. The molecule has 24 heavy (non-hydrogen) atoms. The molecule has 0 saturated heterocycles. The number of anilines is 1. The fourth-order valence-electron chi connectivity index (χ4n) is 2.06. The molecule has 0 heterocycles. The second kappa shape index (κ2) is 14.0. The van der Waals surface area contributed by atoms with Crippen molar-refractivity contribution in [1.82, 2.24) is 5.32 Å². The molecule has 3 heteroatoms. The predicted molar refractivity (Wildman–Crippen MR) is 104 cm³/mol. The number of nitrogen functional groups attached to an aromatic ring is 1. The highest BCUT2D eigenvalue weighted by Crippen LogP contribution is 2.12. The summed E-state index contributed by atoms with van der Waals surface area (Å²) < 4.78 is 0. The average Bonchev–Trinajstić information content (AvgIpc) is 2.65. The van der Waals surface area contributed by atoms with Gasteiger partial charge in [-0.05, 0) is 50.2 Å². The molecule has 0 unspecified atom stereocenters. The van der Waals surface area contributed by atoms with Gasteiger partial charge in [-0.25, -0.2) is 0 Å². The summed E-state index contributed by atoms with van der Waals surface area (Å²) in [5.74, 6) is 6.42. The first kappa shape index (κ1) is 21.4. The van der Waals surface area contributed by atoms with Crippen LogP contribution < -0.4 is 11.1 Å². The van der Waals surface area contributed by atoms with Crippen LogP contribution in [-0.2, 0) is 11.2 Å². The highest BCUT2D eigenvalue weighted by Gasteiger charge is 1.99. The molecule has 0 aliphatic carbocycles. The highest BCUT2D eigenvalue weighted by molar-refractivity contribution is 5.57. The van der Waals surface area contributed by atoms with Crippen LogP contribution in [-0.4, -0.2) is 20.4 Å². The van der Waals surface area contributed by atoms with Crippen molar-refractivity contribution in [2.75, 3.05) is 19.3 Å². The molecule has 0 spiro atoms. The van der Waals surface area contributed by atoms with Crippen LogP contribution >= 0.6 is 0 Å². The van der Waals surface area contributed by atoms with E-state index in [4.69, 9.17) is 10.5 Å². The number of aryl methyl sites for hydroxylation is 1. The zero-order chi connectivity index (χ0) is 18.2. The molecule has 2 aromatic carbocycles. The van der Waals surface area contributed by atoms with Crippen LogP contribution in [0.3, 0.4) is 0 Å². The summed E-state index contributed by atoms with van der Waals surface area (Å²) in [5, 5.41) is 3.17. The van der Waals surface area contributed by atoms with E-state index in [0.29, 0.717) is 0 Å². The van der Waals surface area contributed by atoms with Crippen molar-refractivity contribution in [3.63, 3.8) is 0 Å². The number of carbonyl (C=O) groups excluding carboxylic acids is 1. The lowest BCUT2D eigenvalue weighted by Crippen LogP contribution is -2.08. The first-order chi connectivity index (χ1) is 11.8. The minimum Gasteiger partial charge on any atom is -0.398 e. The number of hydrogen-bond donors (Lipinski definition) is 2.